The van der Waals surface area contributed by atoms with Crippen molar-refractivity contribution in [2.45, 2.75) is 19.9 Å². The van der Waals surface area contributed by atoms with Crippen LogP contribution in [-0.2, 0) is 4.79 Å². The Labute approximate surface area is 81.6 Å². The summed E-state index contributed by atoms with van der Waals surface area (Å²) >= 11 is 0. The lowest BCUT2D eigenvalue weighted by atomic mass is 10.2. The first-order valence-corrected chi connectivity index (χ1v) is 4.42. The summed E-state index contributed by atoms with van der Waals surface area (Å²) in [5.41, 5.74) is 1.02. The Balaban J connectivity index is 2.59. The van der Waals surface area contributed by atoms with Crippen LogP contribution in [0.25, 0.3) is 0 Å². The minimum Gasteiger partial charge on any atom is -0.300 e. The van der Waals surface area contributed by atoms with E-state index >= 15 is 0 Å². The minimum atomic E-state index is -0.419. The molecule has 1 aliphatic heterocycles. The van der Waals surface area contributed by atoms with Gasteiger partial charge < -0.3 is 0 Å². The highest BCUT2D eigenvalue weighted by atomic mass is 16.2. The second-order valence-corrected chi connectivity index (χ2v) is 3.30. The standard InChI is InChI=1S/C10H10N2O2/c1-6-10(14)9-8(4-3-5-11-9)12(6)7(2)13/h3-6H,1-2H3. The zero-order valence-electron chi connectivity index (χ0n) is 8.02. The first-order chi connectivity index (χ1) is 6.63. The second-order valence-electron chi connectivity index (χ2n) is 3.30. The molecule has 0 fully saturated rings. The Morgan fingerprint density at radius 1 is 1.57 bits per heavy atom. The van der Waals surface area contributed by atoms with E-state index in [1.165, 1.54) is 11.8 Å². The number of ketones is 1. The summed E-state index contributed by atoms with van der Waals surface area (Å²) in [4.78, 5) is 28.4. The third-order valence-electron chi connectivity index (χ3n) is 2.39. The fraction of sp³-hybridized carbons (Fsp3) is 0.300. The lowest BCUT2D eigenvalue weighted by Gasteiger charge is -2.18. The fourth-order valence-corrected chi connectivity index (χ4v) is 1.75. The van der Waals surface area contributed by atoms with Crippen molar-refractivity contribution >= 4 is 17.4 Å². The van der Waals surface area contributed by atoms with Gasteiger partial charge in [-0.25, -0.2) is 0 Å². The van der Waals surface area contributed by atoms with Crippen molar-refractivity contribution in [1.82, 2.24) is 4.98 Å². The molecule has 4 heteroatoms. The van der Waals surface area contributed by atoms with Crippen molar-refractivity contribution in [3.63, 3.8) is 0 Å². The number of amides is 1. The quantitative estimate of drug-likeness (QED) is 0.613. The summed E-state index contributed by atoms with van der Waals surface area (Å²) in [5, 5.41) is 0. The zero-order valence-corrected chi connectivity index (χ0v) is 8.02. The molecule has 14 heavy (non-hydrogen) atoms. The molecule has 1 aromatic heterocycles. The molecule has 0 aliphatic carbocycles. The molecule has 1 aliphatic rings. The van der Waals surface area contributed by atoms with Crippen molar-refractivity contribution in [3.05, 3.63) is 24.0 Å². The van der Waals surface area contributed by atoms with E-state index in [1.54, 1.807) is 25.3 Å². The molecule has 0 spiro atoms. The predicted octanol–water partition coefficient (Wildman–Crippen LogP) is 1.02. The molecule has 2 rings (SSSR count). The molecule has 0 N–H and O–H groups in total. The summed E-state index contributed by atoms with van der Waals surface area (Å²) in [6.45, 7) is 3.16. The van der Waals surface area contributed by atoms with Gasteiger partial charge >= 0.3 is 0 Å². The number of nitrogens with zero attached hydrogens (tertiary/aromatic N) is 2. The minimum absolute atomic E-state index is 0.0872. The fourth-order valence-electron chi connectivity index (χ4n) is 1.75. The maximum absolute atomic E-state index is 11.7. The van der Waals surface area contributed by atoms with E-state index in [0.29, 0.717) is 11.4 Å². The maximum Gasteiger partial charge on any atom is 0.224 e. The SMILES string of the molecule is CC(=O)N1c2cccnc2C(=O)C1C. The Morgan fingerprint density at radius 2 is 2.29 bits per heavy atom. The largest absolute Gasteiger partial charge is 0.300 e. The predicted molar refractivity (Wildman–Crippen MR) is 51.2 cm³/mol. The van der Waals surface area contributed by atoms with Gasteiger partial charge in [0.05, 0.1) is 11.7 Å². The molecule has 4 nitrogen and oxygen atoms in total. The lowest BCUT2D eigenvalue weighted by molar-refractivity contribution is -0.116. The van der Waals surface area contributed by atoms with Crippen molar-refractivity contribution in [2.24, 2.45) is 0 Å². The van der Waals surface area contributed by atoms with Crippen molar-refractivity contribution < 1.29 is 9.59 Å². The molecule has 72 valence electrons. The molecular weight excluding hydrogens is 180 g/mol. The zero-order chi connectivity index (χ0) is 10.3. The molecule has 1 atom stereocenters. The average molecular weight is 190 g/mol. The molecule has 0 saturated heterocycles. The number of aromatic nitrogens is 1. The van der Waals surface area contributed by atoms with Crippen LogP contribution in [0.2, 0.25) is 0 Å². The molecule has 1 aromatic rings. The summed E-state index contributed by atoms with van der Waals surface area (Å²) in [7, 11) is 0. The van der Waals surface area contributed by atoms with Gasteiger partial charge in [-0.1, -0.05) is 0 Å². The smallest absolute Gasteiger partial charge is 0.224 e. The van der Waals surface area contributed by atoms with Gasteiger partial charge in [0.1, 0.15) is 5.69 Å². The number of carbonyl (C=O) groups excluding carboxylic acids is 2. The monoisotopic (exact) mass is 190 g/mol. The third-order valence-corrected chi connectivity index (χ3v) is 2.39. The Kier molecular flexibility index (Phi) is 1.84. The van der Waals surface area contributed by atoms with Crippen molar-refractivity contribution in [2.75, 3.05) is 4.90 Å². The van der Waals surface area contributed by atoms with Crippen LogP contribution in [0.4, 0.5) is 5.69 Å². The number of Topliss-reactive ketones (excluding diaryl/α,β-unsaturated/α-hetero) is 1. The average Bonchev–Trinajstić information content (AvgIpc) is 2.41. The van der Waals surface area contributed by atoms with E-state index in [0.717, 1.165) is 0 Å². The molecule has 0 aromatic carbocycles. The van der Waals surface area contributed by atoms with E-state index in [9.17, 15) is 9.59 Å². The van der Waals surface area contributed by atoms with Gasteiger partial charge in [-0.3, -0.25) is 19.5 Å². The summed E-state index contributed by atoms with van der Waals surface area (Å²) in [5.74, 6) is -0.214. The number of pyridine rings is 1. The van der Waals surface area contributed by atoms with Crippen LogP contribution in [0.1, 0.15) is 24.3 Å². The number of carbonyl (C=O) groups is 2. The maximum atomic E-state index is 11.7. The lowest BCUT2D eigenvalue weighted by Crippen LogP contribution is -2.36. The highest BCUT2D eigenvalue weighted by Gasteiger charge is 2.37. The van der Waals surface area contributed by atoms with Crippen LogP contribution in [0, 0.1) is 0 Å². The molecule has 0 radical (unpaired) electrons. The van der Waals surface area contributed by atoms with Crippen LogP contribution in [0.5, 0.6) is 0 Å². The number of rotatable bonds is 0. The summed E-state index contributed by atoms with van der Waals surface area (Å²) in [6.07, 6.45) is 1.56. The van der Waals surface area contributed by atoms with Gasteiger partial charge in [0, 0.05) is 13.1 Å². The van der Waals surface area contributed by atoms with E-state index < -0.39 is 6.04 Å². The molecule has 0 bridgehead atoms. The van der Waals surface area contributed by atoms with Crippen LogP contribution in [0.15, 0.2) is 18.3 Å². The molecular formula is C10H10N2O2. The van der Waals surface area contributed by atoms with Gasteiger partial charge in [0.2, 0.25) is 11.7 Å². The number of fused-ring (bicyclic) bond motifs is 1. The van der Waals surface area contributed by atoms with Crippen molar-refractivity contribution in [3.8, 4) is 0 Å². The van der Waals surface area contributed by atoms with Gasteiger partial charge in [-0.2, -0.15) is 0 Å². The van der Waals surface area contributed by atoms with E-state index in [4.69, 9.17) is 0 Å². The highest BCUT2D eigenvalue weighted by molar-refractivity contribution is 6.15. The van der Waals surface area contributed by atoms with Crippen LogP contribution < -0.4 is 4.90 Å². The van der Waals surface area contributed by atoms with Gasteiger partial charge in [-0.15, -0.1) is 0 Å². The molecule has 0 saturated carbocycles. The topological polar surface area (TPSA) is 50.3 Å². The normalized spacial score (nSPS) is 19.7. The Morgan fingerprint density at radius 3 is 2.93 bits per heavy atom. The van der Waals surface area contributed by atoms with Gasteiger partial charge in [0.25, 0.3) is 0 Å². The Hall–Kier alpha value is -1.71. The van der Waals surface area contributed by atoms with Crippen LogP contribution in [-0.4, -0.2) is 22.7 Å². The van der Waals surface area contributed by atoms with E-state index in [-0.39, 0.29) is 11.7 Å². The van der Waals surface area contributed by atoms with Crippen LogP contribution in [0.3, 0.4) is 0 Å². The van der Waals surface area contributed by atoms with Gasteiger partial charge in [-0.05, 0) is 19.1 Å². The van der Waals surface area contributed by atoms with E-state index in [2.05, 4.69) is 4.98 Å². The summed E-state index contributed by atoms with van der Waals surface area (Å²) in [6, 6.07) is 3.04. The first-order valence-electron chi connectivity index (χ1n) is 4.42. The Bertz CT molecular complexity index is 414. The summed E-state index contributed by atoms with van der Waals surface area (Å²) < 4.78 is 0. The number of hydrogen-bond acceptors (Lipinski definition) is 3. The number of anilines is 1. The van der Waals surface area contributed by atoms with Crippen LogP contribution >= 0.6 is 0 Å². The molecule has 1 unspecified atom stereocenters. The highest BCUT2D eigenvalue weighted by Crippen LogP contribution is 2.29. The first kappa shape index (κ1) is 8.87. The second kappa shape index (κ2) is 2.90. The van der Waals surface area contributed by atoms with E-state index in [1.807, 2.05) is 0 Å². The van der Waals surface area contributed by atoms with Crippen molar-refractivity contribution in [1.29, 1.82) is 0 Å². The van der Waals surface area contributed by atoms with Gasteiger partial charge in [0.15, 0.2) is 0 Å². The molecule has 2 heterocycles. The third kappa shape index (κ3) is 1.04. The number of hydrogen-bond donors (Lipinski definition) is 0. The molecule has 1 amide bonds.